The van der Waals surface area contributed by atoms with Crippen LogP contribution in [-0.4, -0.2) is 14.3 Å². The van der Waals surface area contributed by atoms with Gasteiger partial charge in [-0.05, 0) is 54.7 Å². The van der Waals surface area contributed by atoms with E-state index in [1.165, 1.54) is 29.8 Å². The van der Waals surface area contributed by atoms with Gasteiger partial charge in [-0.15, -0.1) is 0 Å². The first kappa shape index (κ1) is 19.1. The molecule has 0 bridgehead atoms. The summed E-state index contributed by atoms with van der Waals surface area (Å²) in [6.07, 6.45) is 1.01. The molecule has 2 rings (SSSR count). The summed E-state index contributed by atoms with van der Waals surface area (Å²) >= 11 is 0. The number of nitrogens with two attached hydrogens (primary N) is 1. The number of anilines is 1. The molecule has 0 fully saturated rings. The van der Waals surface area contributed by atoms with Gasteiger partial charge in [0.2, 0.25) is 15.9 Å². The third kappa shape index (κ3) is 5.41. The quantitative estimate of drug-likeness (QED) is 0.828. The molecule has 0 aliphatic heterocycles. The number of hydrogen-bond donors (Lipinski definition) is 2. The zero-order valence-corrected chi connectivity index (χ0v) is 15.5. The largest absolute Gasteiger partial charge is 0.326 e. The van der Waals surface area contributed by atoms with Crippen molar-refractivity contribution in [1.82, 2.24) is 0 Å². The molecule has 0 spiro atoms. The fraction of sp³-hybridized carbons (Fsp3) is 0.316. The van der Waals surface area contributed by atoms with E-state index in [0.29, 0.717) is 11.6 Å². The zero-order valence-electron chi connectivity index (χ0n) is 14.7. The van der Waals surface area contributed by atoms with Crippen LogP contribution < -0.4 is 10.5 Å². The molecule has 3 N–H and O–H groups in total. The van der Waals surface area contributed by atoms with Gasteiger partial charge in [0, 0.05) is 5.69 Å². The summed E-state index contributed by atoms with van der Waals surface area (Å²) in [6.45, 7) is 6.18. The van der Waals surface area contributed by atoms with Gasteiger partial charge in [-0.1, -0.05) is 38.1 Å². The second-order valence-electron chi connectivity index (χ2n) is 6.62. The normalized spacial score (nSPS) is 12.8. The summed E-state index contributed by atoms with van der Waals surface area (Å²) in [5.41, 5.74) is 2.72. The number of amides is 1. The topological polar surface area (TPSA) is 89.3 Å². The van der Waals surface area contributed by atoms with E-state index in [0.717, 1.165) is 12.0 Å². The number of carbonyl (C=O) groups is 1. The smallest absolute Gasteiger partial charge is 0.238 e. The highest BCUT2D eigenvalue weighted by molar-refractivity contribution is 7.89. The number of nitrogens with one attached hydrogen (secondary N) is 1. The molecule has 2 aromatic rings. The molecule has 134 valence electrons. The lowest BCUT2D eigenvalue weighted by Crippen LogP contribution is -2.19. The predicted octanol–water partition coefficient (Wildman–Crippen LogP) is 3.27. The van der Waals surface area contributed by atoms with Crippen molar-refractivity contribution in [2.75, 3.05) is 5.32 Å². The van der Waals surface area contributed by atoms with Gasteiger partial charge in [0.05, 0.1) is 10.8 Å². The fourth-order valence-electron chi connectivity index (χ4n) is 2.54. The molecule has 0 aromatic heterocycles. The maximum atomic E-state index is 12.4. The van der Waals surface area contributed by atoms with E-state index in [4.69, 9.17) is 5.14 Å². The molecule has 6 heteroatoms. The van der Waals surface area contributed by atoms with Crippen LogP contribution in [0.5, 0.6) is 0 Å². The van der Waals surface area contributed by atoms with Crippen molar-refractivity contribution in [3.63, 3.8) is 0 Å². The Morgan fingerprint density at radius 3 is 2.04 bits per heavy atom. The van der Waals surface area contributed by atoms with Gasteiger partial charge in [-0.3, -0.25) is 4.79 Å². The van der Waals surface area contributed by atoms with Crippen LogP contribution in [0.1, 0.15) is 37.8 Å². The number of rotatable bonds is 6. The van der Waals surface area contributed by atoms with Crippen LogP contribution in [0.3, 0.4) is 0 Å². The first-order valence-electron chi connectivity index (χ1n) is 8.19. The van der Waals surface area contributed by atoms with Crippen molar-refractivity contribution < 1.29 is 13.2 Å². The molecule has 0 heterocycles. The van der Waals surface area contributed by atoms with Gasteiger partial charge in [0.15, 0.2) is 0 Å². The third-order valence-electron chi connectivity index (χ3n) is 3.97. The Morgan fingerprint density at radius 2 is 1.56 bits per heavy atom. The molecule has 0 radical (unpaired) electrons. The zero-order chi connectivity index (χ0) is 18.6. The average Bonchev–Trinajstić information content (AvgIpc) is 2.54. The summed E-state index contributed by atoms with van der Waals surface area (Å²) in [6, 6.07) is 13.9. The monoisotopic (exact) mass is 360 g/mol. The minimum atomic E-state index is -3.73. The summed E-state index contributed by atoms with van der Waals surface area (Å²) in [5.74, 6) is 0.123. The number of benzene rings is 2. The molecule has 0 saturated carbocycles. The van der Waals surface area contributed by atoms with Gasteiger partial charge in [0.1, 0.15) is 0 Å². The van der Waals surface area contributed by atoms with Crippen LogP contribution in [0, 0.1) is 5.92 Å². The van der Waals surface area contributed by atoms with E-state index < -0.39 is 10.0 Å². The summed E-state index contributed by atoms with van der Waals surface area (Å²) in [7, 11) is -3.73. The molecule has 2 aromatic carbocycles. The maximum absolute atomic E-state index is 12.4. The molecule has 25 heavy (non-hydrogen) atoms. The molecule has 0 unspecified atom stereocenters. The van der Waals surface area contributed by atoms with E-state index in [2.05, 4.69) is 31.3 Å². The Bertz CT molecular complexity index is 826. The highest BCUT2D eigenvalue weighted by atomic mass is 32.2. The highest BCUT2D eigenvalue weighted by Crippen LogP contribution is 2.20. The molecular formula is C19H24N2O3S. The van der Waals surface area contributed by atoms with E-state index >= 15 is 0 Å². The minimum absolute atomic E-state index is 0.0132. The molecule has 5 nitrogen and oxygen atoms in total. The lowest BCUT2D eigenvalue weighted by Gasteiger charge is -2.14. The van der Waals surface area contributed by atoms with Gasteiger partial charge >= 0.3 is 0 Å². The first-order valence-corrected chi connectivity index (χ1v) is 9.74. The number of primary sulfonamides is 1. The number of sulfonamides is 1. The van der Waals surface area contributed by atoms with Crippen molar-refractivity contribution in [1.29, 1.82) is 0 Å². The second kappa shape index (κ2) is 7.80. The van der Waals surface area contributed by atoms with E-state index in [1.54, 1.807) is 0 Å². The summed E-state index contributed by atoms with van der Waals surface area (Å²) in [5, 5.41) is 7.85. The van der Waals surface area contributed by atoms with Gasteiger partial charge in [0.25, 0.3) is 0 Å². The third-order valence-corrected chi connectivity index (χ3v) is 4.90. The lowest BCUT2D eigenvalue weighted by molar-refractivity contribution is -0.117. The van der Waals surface area contributed by atoms with Crippen molar-refractivity contribution in [3.05, 3.63) is 59.7 Å². The Kier molecular flexibility index (Phi) is 5.98. The summed E-state index contributed by atoms with van der Waals surface area (Å²) < 4.78 is 22.5. The lowest BCUT2D eigenvalue weighted by atomic mass is 9.96. The predicted molar refractivity (Wildman–Crippen MR) is 99.8 cm³/mol. The van der Waals surface area contributed by atoms with E-state index in [1.807, 2.05) is 19.1 Å². The van der Waals surface area contributed by atoms with E-state index in [9.17, 15) is 13.2 Å². The molecule has 0 aliphatic rings. The first-order chi connectivity index (χ1) is 11.7. The van der Waals surface area contributed by atoms with Crippen LogP contribution in [0.2, 0.25) is 0 Å². The Morgan fingerprint density at radius 1 is 1.00 bits per heavy atom. The standard InChI is InChI=1S/C19H24N2O3S/c1-13(2)12-15-4-6-16(7-5-15)14(3)19(22)21-17-8-10-18(11-9-17)25(20,23)24/h4-11,13-14H,12H2,1-3H3,(H,21,22)(H2,20,23,24)/t14-/m1/s1. The van der Waals surface area contributed by atoms with Crippen molar-refractivity contribution in [2.45, 2.75) is 38.0 Å². The van der Waals surface area contributed by atoms with Crippen LogP contribution >= 0.6 is 0 Å². The van der Waals surface area contributed by atoms with Crippen LogP contribution in [0.4, 0.5) is 5.69 Å². The molecule has 1 atom stereocenters. The fourth-order valence-corrected chi connectivity index (χ4v) is 3.06. The minimum Gasteiger partial charge on any atom is -0.326 e. The van der Waals surface area contributed by atoms with Crippen molar-refractivity contribution in [2.24, 2.45) is 11.1 Å². The van der Waals surface area contributed by atoms with Crippen LogP contribution in [0.15, 0.2) is 53.4 Å². The van der Waals surface area contributed by atoms with Crippen LogP contribution in [0.25, 0.3) is 0 Å². The number of hydrogen-bond acceptors (Lipinski definition) is 3. The van der Waals surface area contributed by atoms with Gasteiger partial charge in [-0.25, -0.2) is 13.6 Å². The van der Waals surface area contributed by atoms with Crippen LogP contribution in [-0.2, 0) is 21.2 Å². The molecular weight excluding hydrogens is 336 g/mol. The van der Waals surface area contributed by atoms with Crippen molar-refractivity contribution in [3.8, 4) is 0 Å². The molecule has 1 amide bonds. The second-order valence-corrected chi connectivity index (χ2v) is 8.18. The Hall–Kier alpha value is -2.18. The Labute approximate surface area is 149 Å². The highest BCUT2D eigenvalue weighted by Gasteiger charge is 2.16. The SMILES string of the molecule is CC(C)Cc1ccc([C@@H](C)C(=O)Nc2ccc(S(N)(=O)=O)cc2)cc1. The van der Waals surface area contributed by atoms with Crippen molar-refractivity contribution >= 4 is 21.6 Å². The Balaban J connectivity index is 2.04. The summed E-state index contributed by atoms with van der Waals surface area (Å²) in [4.78, 5) is 12.4. The average molecular weight is 360 g/mol. The maximum Gasteiger partial charge on any atom is 0.238 e. The number of carbonyl (C=O) groups excluding carboxylic acids is 1. The molecule has 0 saturated heterocycles. The molecule has 0 aliphatic carbocycles. The van der Waals surface area contributed by atoms with E-state index in [-0.39, 0.29) is 16.7 Å². The van der Waals surface area contributed by atoms with Gasteiger partial charge < -0.3 is 5.32 Å². The van der Waals surface area contributed by atoms with Gasteiger partial charge in [-0.2, -0.15) is 0 Å².